The standard InChI is InChI=1S/C20H19ClN6O5/c21-13-3-4-17-16(8-13)26(19(29)12-31-17)10-18(28)25-6-7-30-14(9-25)11-32-27-20-15(23-24-27)2-1-5-22-20/h1-5,8,14H,6-7,9-12H2. The Labute approximate surface area is 187 Å². The Morgan fingerprint density at radius 2 is 2.22 bits per heavy atom. The van der Waals surface area contributed by atoms with Crippen LogP contribution in [0.3, 0.4) is 0 Å². The molecule has 3 aromatic rings. The fourth-order valence-electron chi connectivity index (χ4n) is 3.62. The summed E-state index contributed by atoms with van der Waals surface area (Å²) in [4.78, 5) is 39.6. The Balaban J connectivity index is 1.22. The summed E-state index contributed by atoms with van der Waals surface area (Å²) in [5.74, 6) is 0.0166. The second-order valence-corrected chi connectivity index (χ2v) is 7.75. The quantitative estimate of drug-likeness (QED) is 0.545. The van der Waals surface area contributed by atoms with Crippen molar-refractivity contribution in [2.24, 2.45) is 0 Å². The van der Waals surface area contributed by atoms with Crippen molar-refractivity contribution in [3.8, 4) is 5.75 Å². The average molecular weight is 459 g/mol. The predicted molar refractivity (Wildman–Crippen MR) is 112 cm³/mol. The molecule has 0 saturated carbocycles. The first-order valence-corrected chi connectivity index (χ1v) is 10.4. The summed E-state index contributed by atoms with van der Waals surface area (Å²) in [6.45, 7) is 1.02. The molecule has 12 heteroatoms. The molecule has 2 aliphatic rings. The molecule has 0 N–H and O–H groups in total. The topological polar surface area (TPSA) is 112 Å². The lowest BCUT2D eigenvalue weighted by Crippen LogP contribution is -2.52. The van der Waals surface area contributed by atoms with Crippen molar-refractivity contribution in [2.45, 2.75) is 6.10 Å². The maximum Gasteiger partial charge on any atom is 0.265 e. The number of hydrogen-bond acceptors (Lipinski definition) is 8. The summed E-state index contributed by atoms with van der Waals surface area (Å²) in [5.41, 5.74) is 1.60. The van der Waals surface area contributed by atoms with Gasteiger partial charge in [-0.2, -0.15) is 0 Å². The number of halogens is 1. The highest BCUT2D eigenvalue weighted by atomic mass is 35.5. The fraction of sp³-hybridized carbons (Fsp3) is 0.350. The number of anilines is 1. The van der Waals surface area contributed by atoms with E-state index in [2.05, 4.69) is 15.3 Å². The van der Waals surface area contributed by atoms with E-state index < -0.39 is 0 Å². The number of fused-ring (bicyclic) bond motifs is 2. The lowest BCUT2D eigenvalue weighted by molar-refractivity contribution is -0.141. The van der Waals surface area contributed by atoms with E-state index in [9.17, 15) is 9.59 Å². The molecule has 4 heterocycles. The minimum absolute atomic E-state index is 0.110. The average Bonchev–Trinajstić information content (AvgIpc) is 3.23. The van der Waals surface area contributed by atoms with Crippen molar-refractivity contribution in [2.75, 3.05) is 44.4 Å². The van der Waals surface area contributed by atoms with Crippen molar-refractivity contribution in [3.63, 3.8) is 0 Å². The molecule has 1 aromatic carbocycles. The molecule has 1 atom stereocenters. The molecule has 2 amide bonds. The highest BCUT2D eigenvalue weighted by Gasteiger charge is 2.31. The molecule has 0 spiro atoms. The first kappa shape index (κ1) is 20.5. The van der Waals surface area contributed by atoms with E-state index in [-0.39, 0.29) is 37.7 Å². The maximum atomic E-state index is 13.0. The minimum atomic E-state index is -0.363. The maximum absolute atomic E-state index is 13.0. The summed E-state index contributed by atoms with van der Waals surface area (Å²) in [6, 6.07) is 8.53. The van der Waals surface area contributed by atoms with E-state index in [1.165, 1.54) is 9.75 Å². The monoisotopic (exact) mass is 458 g/mol. The number of hydrogen-bond donors (Lipinski definition) is 0. The largest absolute Gasteiger partial charge is 0.482 e. The van der Waals surface area contributed by atoms with Crippen molar-refractivity contribution in [3.05, 3.63) is 41.6 Å². The number of morpholine rings is 1. The molecule has 2 aliphatic heterocycles. The number of carbonyl (C=O) groups is 2. The van der Waals surface area contributed by atoms with Gasteiger partial charge in [0.15, 0.2) is 6.61 Å². The zero-order valence-corrected chi connectivity index (χ0v) is 17.6. The lowest BCUT2D eigenvalue weighted by Gasteiger charge is -2.35. The molecule has 1 fully saturated rings. The molecule has 2 aromatic heterocycles. The molecular weight excluding hydrogens is 440 g/mol. The second kappa shape index (κ2) is 8.60. The van der Waals surface area contributed by atoms with Crippen molar-refractivity contribution < 1.29 is 23.9 Å². The molecule has 32 heavy (non-hydrogen) atoms. The number of benzene rings is 1. The molecule has 11 nitrogen and oxygen atoms in total. The molecular formula is C20H19ClN6O5. The van der Waals surface area contributed by atoms with Crippen molar-refractivity contribution >= 4 is 40.3 Å². The third-order valence-corrected chi connectivity index (χ3v) is 5.45. The van der Waals surface area contributed by atoms with Crippen LogP contribution < -0.4 is 14.5 Å². The van der Waals surface area contributed by atoms with Gasteiger partial charge in [0, 0.05) is 17.8 Å². The van der Waals surface area contributed by atoms with Crippen LogP contribution in [0.5, 0.6) is 5.75 Å². The normalized spacial score (nSPS) is 18.4. The zero-order valence-electron chi connectivity index (χ0n) is 16.9. The predicted octanol–water partition coefficient (Wildman–Crippen LogP) is 0.561. The lowest BCUT2D eigenvalue weighted by atomic mass is 10.2. The summed E-state index contributed by atoms with van der Waals surface area (Å²) in [7, 11) is 0. The van der Waals surface area contributed by atoms with Crippen LogP contribution in [0, 0.1) is 0 Å². The van der Waals surface area contributed by atoms with Crippen LogP contribution in [0.4, 0.5) is 5.69 Å². The van der Waals surface area contributed by atoms with E-state index in [0.29, 0.717) is 47.3 Å². The van der Waals surface area contributed by atoms with Crippen LogP contribution in [-0.2, 0) is 14.3 Å². The second-order valence-electron chi connectivity index (χ2n) is 7.32. The van der Waals surface area contributed by atoms with Crippen LogP contribution in [-0.4, -0.2) is 82.4 Å². The number of amides is 2. The van der Waals surface area contributed by atoms with Gasteiger partial charge in [-0.3, -0.25) is 14.5 Å². The van der Waals surface area contributed by atoms with Gasteiger partial charge >= 0.3 is 0 Å². The molecule has 5 rings (SSSR count). The minimum Gasteiger partial charge on any atom is -0.482 e. The van der Waals surface area contributed by atoms with Gasteiger partial charge in [-0.1, -0.05) is 16.4 Å². The Morgan fingerprint density at radius 1 is 1.31 bits per heavy atom. The number of carbonyl (C=O) groups excluding carboxylic acids is 2. The van der Waals surface area contributed by atoms with Crippen molar-refractivity contribution in [1.82, 2.24) is 25.0 Å². The van der Waals surface area contributed by atoms with E-state index in [0.717, 1.165) is 0 Å². The smallest absolute Gasteiger partial charge is 0.265 e. The number of rotatable bonds is 5. The van der Waals surface area contributed by atoms with Gasteiger partial charge in [-0.25, -0.2) is 4.98 Å². The van der Waals surface area contributed by atoms with Crippen LogP contribution in [0.1, 0.15) is 0 Å². The molecule has 1 unspecified atom stereocenters. The van der Waals surface area contributed by atoms with Crippen LogP contribution in [0.15, 0.2) is 36.5 Å². The number of nitrogens with zero attached hydrogens (tertiary/aromatic N) is 6. The Kier molecular flexibility index (Phi) is 5.50. The van der Waals surface area contributed by atoms with Gasteiger partial charge in [0.25, 0.3) is 5.91 Å². The van der Waals surface area contributed by atoms with E-state index in [1.54, 1.807) is 41.4 Å². The number of pyridine rings is 1. The van der Waals surface area contributed by atoms with Gasteiger partial charge in [0.2, 0.25) is 11.6 Å². The molecule has 0 bridgehead atoms. The number of aromatic nitrogens is 4. The third kappa shape index (κ3) is 4.04. The Hall–Kier alpha value is -3.44. The highest BCUT2D eigenvalue weighted by molar-refractivity contribution is 6.31. The fourth-order valence-corrected chi connectivity index (χ4v) is 3.78. The van der Waals surface area contributed by atoms with Gasteiger partial charge in [0.05, 0.1) is 18.8 Å². The summed E-state index contributed by atoms with van der Waals surface area (Å²) < 4.78 is 11.2. The summed E-state index contributed by atoms with van der Waals surface area (Å²) in [5, 5.41) is 8.37. The van der Waals surface area contributed by atoms with Crippen molar-refractivity contribution in [1.29, 1.82) is 0 Å². The van der Waals surface area contributed by atoms with Gasteiger partial charge < -0.3 is 19.2 Å². The van der Waals surface area contributed by atoms with Crippen LogP contribution in [0.25, 0.3) is 11.2 Å². The third-order valence-electron chi connectivity index (χ3n) is 5.21. The van der Waals surface area contributed by atoms with E-state index in [4.69, 9.17) is 25.9 Å². The van der Waals surface area contributed by atoms with Crippen LogP contribution >= 0.6 is 11.6 Å². The summed E-state index contributed by atoms with van der Waals surface area (Å²) >= 11 is 6.07. The summed E-state index contributed by atoms with van der Waals surface area (Å²) in [6.07, 6.45) is 1.26. The molecule has 1 saturated heterocycles. The zero-order chi connectivity index (χ0) is 22.1. The first-order chi connectivity index (χ1) is 15.6. The van der Waals surface area contributed by atoms with E-state index in [1.807, 2.05) is 0 Å². The van der Waals surface area contributed by atoms with Gasteiger partial charge in [0.1, 0.15) is 30.5 Å². The Bertz CT molecular complexity index is 1170. The molecule has 0 radical (unpaired) electrons. The molecule has 166 valence electrons. The highest BCUT2D eigenvalue weighted by Crippen LogP contribution is 2.34. The Morgan fingerprint density at radius 3 is 3.12 bits per heavy atom. The van der Waals surface area contributed by atoms with Crippen LogP contribution in [0.2, 0.25) is 5.02 Å². The first-order valence-electron chi connectivity index (χ1n) is 10.0. The number of ether oxygens (including phenoxy) is 2. The SMILES string of the molecule is O=C(CN1C(=O)COc2ccc(Cl)cc21)N1CCOC(COn2nnc3cccnc32)C1. The molecule has 0 aliphatic carbocycles. The van der Waals surface area contributed by atoms with Gasteiger partial charge in [-0.15, -0.1) is 5.10 Å². The van der Waals surface area contributed by atoms with E-state index >= 15 is 0 Å². The van der Waals surface area contributed by atoms with Gasteiger partial charge in [-0.05, 0) is 35.5 Å².